The Morgan fingerprint density at radius 1 is 1.09 bits per heavy atom. The number of amides is 1. The molecule has 0 spiro atoms. The van der Waals surface area contributed by atoms with Crippen LogP contribution in [0.1, 0.15) is 11.1 Å². The van der Waals surface area contributed by atoms with Crippen LogP contribution in [-0.2, 0) is 11.4 Å². The summed E-state index contributed by atoms with van der Waals surface area (Å²) in [6, 6.07) is 18.2. The first kappa shape index (κ1) is 23.3. The van der Waals surface area contributed by atoms with Crippen molar-refractivity contribution >= 4 is 74.9 Å². The van der Waals surface area contributed by atoms with Gasteiger partial charge in [-0.15, -0.1) is 0 Å². The number of non-ortho nitro benzene ring substituents is 1. The number of anilines is 1. The summed E-state index contributed by atoms with van der Waals surface area (Å²) in [5, 5.41) is 11.9. The lowest BCUT2D eigenvalue weighted by atomic mass is 10.1. The number of nitro groups is 1. The fourth-order valence-electron chi connectivity index (χ4n) is 3.08. The molecule has 4 rings (SSSR count). The van der Waals surface area contributed by atoms with Gasteiger partial charge in [-0.2, -0.15) is 0 Å². The van der Waals surface area contributed by atoms with Crippen LogP contribution in [0.3, 0.4) is 0 Å². The van der Waals surface area contributed by atoms with Crippen LogP contribution >= 0.6 is 47.2 Å². The lowest BCUT2D eigenvalue weighted by molar-refractivity contribution is -0.384. The smallest absolute Gasteiger partial charge is 0.270 e. The molecule has 1 amide bonds. The van der Waals surface area contributed by atoms with Crippen LogP contribution in [0.5, 0.6) is 5.75 Å². The minimum atomic E-state index is -0.498. The number of benzene rings is 3. The number of thiocarbonyl (C=S) groups is 1. The number of nitro benzene ring substituents is 1. The van der Waals surface area contributed by atoms with Crippen molar-refractivity contribution in [3.63, 3.8) is 0 Å². The third-order valence-corrected chi connectivity index (χ3v) is 6.61. The molecule has 0 bridgehead atoms. The first-order valence-electron chi connectivity index (χ1n) is 9.51. The van der Waals surface area contributed by atoms with Crippen LogP contribution in [0.25, 0.3) is 6.08 Å². The van der Waals surface area contributed by atoms with E-state index in [9.17, 15) is 14.9 Å². The van der Waals surface area contributed by atoms with E-state index in [0.29, 0.717) is 36.3 Å². The zero-order valence-electron chi connectivity index (χ0n) is 16.7. The van der Waals surface area contributed by atoms with E-state index in [1.54, 1.807) is 30.3 Å². The summed E-state index contributed by atoms with van der Waals surface area (Å²) in [5.41, 5.74) is 1.88. The maximum Gasteiger partial charge on any atom is 0.270 e. The van der Waals surface area contributed by atoms with Crippen LogP contribution in [0.4, 0.5) is 11.4 Å². The molecular weight excluding hydrogens is 503 g/mol. The van der Waals surface area contributed by atoms with Gasteiger partial charge in [-0.05, 0) is 36.4 Å². The topological polar surface area (TPSA) is 72.7 Å². The molecule has 0 unspecified atom stereocenters. The van der Waals surface area contributed by atoms with Crippen molar-refractivity contribution in [2.24, 2.45) is 0 Å². The monoisotopic (exact) mass is 516 g/mol. The van der Waals surface area contributed by atoms with Crippen molar-refractivity contribution in [3.05, 3.63) is 103 Å². The van der Waals surface area contributed by atoms with Crippen LogP contribution < -0.4 is 9.64 Å². The molecule has 0 atom stereocenters. The summed E-state index contributed by atoms with van der Waals surface area (Å²) in [5.74, 6) is 0.263. The first-order chi connectivity index (χ1) is 15.8. The molecule has 1 saturated heterocycles. The molecule has 1 heterocycles. The van der Waals surface area contributed by atoms with E-state index in [4.69, 9.17) is 40.2 Å². The van der Waals surface area contributed by atoms with E-state index in [1.807, 2.05) is 18.2 Å². The Bertz CT molecular complexity index is 1300. The molecule has 6 nitrogen and oxygen atoms in total. The highest BCUT2D eigenvalue weighted by atomic mass is 35.5. The van der Waals surface area contributed by atoms with Crippen molar-refractivity contribution in [2.75, 3.05) is 4.90 Å². The van der Waals surface area contributed by atoms with Gasteiger partial charge < -0.3 is 4.74 Å². The summed E-state index contributed by atoms with van der Waals surface area (Å²) in [4.78, 5) is 25.2. The lowest BCUT2D eigenvalue weighted by Crippen LogP contribution is -2.27. The van der Waals surface area contributed by atoms with E-state index < -0.39 is 4.92 Å². The number of hydrogen-bond acceptors (Lipinski definition) is 6. The SMILES string of the molecule is O=C1/C(=C\c2ccccc2OCc2ccc(Cl)cc2Cl)SC(=S)N1c1ccc([N+](=O)[O-])cc1. The number of carbonyl (C=O) groups excluding carboxylic acids is 1. The number of thioether (sulfide) groups is 1. The molecule has 0 radical (unpaired) electrons. The molecule has 0 N–H and O–H groups in total. The highest BCUT2D eigenvalue weighted by Gasteiger charge is 2.33. The molecule has 1 fully saturated rings. The second kappa shape index (κ2) is 9.93. The molecule has 166 valence electrons. The number of para-hydroxylation sites is 1. The van der Waals surface area contributed by atoms with Crippen LogP contribution in [-0.4, -0.2) is 15.2 Å². The standard InChI is InChI=1S/C23H14Cl2N2O4S2/c24-16-6-5-15(19(25)12-16)13-31-20-4-2-1-3-14(20)11-21-22(28)26(23(32)33-21)17-7-9-18(10-8-17)27(29)30/h1-12H,13H2/b21-11+. The number of ether oxygens (including phenoxy) is 1. The summed E-state index contributed by atoms with van der Waals surface area (Å²) in [6.45, 7) is 0.227. The molecule has 33 heavy (non-hydrogen) atoms. The van der Waals surface area contributed by atoms with E-state index >= 15 is 0 Å². The minimum Gasteiger partial charge on any atom is -0.488 e. The highest BCUT2D eigenvalue weighted by Crippen LogP contribution is 2.37. The zero-order valence-corrected chi connectivity index (χ0v) is 19.9. The van der Waals surface area contributed by atoms with Gasteiger partial charge in [0, 0.05) is 33.3 Å². The molecule has 3 aromatic carbocycles. The van der Waals surface area contributed by atoms with E-state index in [0.717, 1.165) is 17.3 Å². The van der Waals surface area contributed by atoms with Gasteiger partial charge in [0.05, 0.1) is 15.5 Å². The van der Waals surface area contributed by atoms with Gasteiger partial charge in [-0.1, -0.05) is 71.4 Å². The second-order valence-electron chi connectivity index (χ2n) is 6.85. The highest BCUT2D eigenvalue weighted by molar-refractivity contribution is 8.27. The van der Waals surface area contributed by atoms with E-state index in [-0.39, 0.29) is 18.2 Å². The fraction of sp³-hybridized carbons (Fsp3) is 0.0435. The number of nitrogens with zero attached hydrogens (tertiary/aromatic N) is 2. The maximum absolute atomic E-state index is 13.1. The lowest BCUT2D eigenvalue weighted by Gasteiger charge is -2.14. The third-order valence-electron chi connectivity index (χ3n) is 4.72. The molecular formula is C23H14Cl2N2O4S2. The first-order valence-corrected chi connectivity index (χ1v) is 11.5. The molecule has 0 aromatic heterocycles. The van der Waals surface area contributed by atoms with E-state index in [2.05, 4.69) is 0 Å². The van der Waals surface area contributed by atoms with Gasteiger partial charge in [0.15, 0.2) is 4.32 Å². The fourth-order valence-corrected chi connectivity index (χ4v) is 4.83. The largest absolute Gasteiger partial charge is 0.488 e. The van der Waals surface area contributed by atoms with Crippen molar-refractivity contribution in [1.29, 1.82) is 0 Å². The Balaban J connectivity index is 1.56. The Morgan fingerprint density at radius 2 is 1.82 bits per heavy atom. The number of rotatable bonds is 6. The van der Waals surface area contributed by atoms with Crippen LogP contribution in [0.15, 0.2) is 71.6 Å². The van der Waals surface area contributed by atoms with Crippen LogP contribution in [0, 0.1) is 10.1 Å². The summed E-state index contributed by atoms with van der Waals surface area (Å²) in [7, 11) is 0. The van der Waals surface area contributed by atoms with Gasteiger partial charge in [-0.3, -0.25) is 19.8 Å². The number of carbonyl (C=O) groups is 1. The molecule has 10 heteroatoms. The number of hydrogen-bond donors (Lipinski definition) is 0. The Kier molecular flexibility index (Phi) is 6.99. The molecule has 1 aliphatic heterocycles. The summed E-state index contributed by atoms with van der Waals surface area (Å²) >= 11 is 18.7. The van der Waals surface area contributed by atoms with Crippen molar-refractivity contribution in [1.82, 2.24) is 0 Å². The Morgan fingerprint density at radius 3 is 2.52 bits per heavy atom. The third kappa shape index (κ3) is 5.20. The van der Waals surface area contributed by atoms with Crippen LogP contribution in [0.2, 0.25) is 10.0 Å². The van der Waals surface area contributed by atoms with Crippen molar-refractivity contribution in [3.8, 4) is 5.75 Å². The average Bonchev–Trinajstić information content (AvgIpc) is 3.07. The quantitative estimate of drug-likeness (QED) is 0.154. The Hall–Kier alpha value is -2.91. The molecule has 1 aliphatic rings. The Labute approximate surface area is 208 Å². The second-order valence-corrected chi connectivity index (χ2v) is 9.37. The normalized spacial score (nSPS) is 14.7. The van der Waals surface area contributed by atoms with E-state index in [1.165, 1.54) is 29.2 Å². The zero-order chi connectivity index (χ0) is 23.5. The minimum absolute atomic E-state index is 0.0633. The molecule has 0 aliphatic carbocycles. The maximum atomic E-state index is 13.1. The average molecular weight is 517 g/mol. The van der Waals surface area contributed by atoms with Gasteiger partial charge in [0.2, 0.25) is 0 Å². The summed E-state index contributed by atoms with van der Waals surface area (Å²) in [6.07, 6.45) is 1.71. The summed E-state index contributed by atoms with van der Waals surface area (Å²) < 4.78 is 6.30. The van der Waals surface area contributed by atoms with Gasteiger partial charge in [0.25, 0.3) is 11.6 Å². The molecule has 0 saturated carbocycles. The molecule has 3 aromatic rings. The van der Waals surface area contributed by atoms with Crippen molar-refractivity contribution in [2.45, 2.75) is 6.61 Å². The predicted molar refractivity (Wildman–Crippen MR) is 136 cm³/mol. The van der Waals surface area contributed by atoms with Gasteiger partial charge in [-0.25, -0.2) is 0 Å². The van der Waals surface area contributed by atoms with Gasteiger partial charge in [0.1, 0.15) is 12.4 Å². The predicted octanol–water partition coefficient (Wildman–Crippen LogP) is 6.89. The number of halogens is 2. The van der Waals surface area contributed by atoms with Crippen molar-refractivity contribution < 1.29 is 14.5 Å². The van der Waals surface area contributed by atoms with Gasteiger partial charge >= 0.3 is 0 Å².